The standard InChI is InChI=1S/C21H29N5/c1-4-6-14-26(15-16(3)9-5-2)19-12-7-11-18(23-19)20-17-10-8-13-22-21(17)25-24-20/h7-8,10-13,16H,4-6,9,14-15H2,1-3H3,(H,22,24,25). The Hall–Kier alpha value is -2.43. The fourth-order valence-electron chi connectivity index (χ4n) is 3.39. The van der Waals surface area contributed by atoms with Gasteiger partial charge in [0, 0.05) is 24.7 Å². The molecule has 3 rings (SSSR count). The number of anilines is 1. The fraction of sp³-hybridized carbons (Fsp3) is 0.476. The van der Waals surface area contributed by atoms with Crippen LogP contribution in [0.1, 0.15) is 46.5 Å². The number of nitrogens with zero attached hydrogens (tertiary/aromatic N) is 4. The molecule has 0 aromatic carbocycles. The van der Waals surface area contributed by atoms with E-state index in [2.05, 4.69) is 53.0 Å². The van der Waals surface area contributed by atoms with E-state index < -0.39 is 0 Å². The Balaban J connectivity index is 1.90. The highest BCUT2D eigenvalue weighted by molar-refractivity contribution is 5.89. The molecule has 1 unspecified atom stereocenters. The molecule has 3 heterocycles. The number of H-pyrrole nitrogens is 1. The maximum absolute atomic E-state index is 4.96. The van der Waals surface area contributed by atoms with E-state index in [9.17, 15) is 0 Å². The first kappa shape index (κ1) is 18.4. The maximum Gasteiger partial charge on any atom is 0.181 e. The molecule has 3 aromatic rings. The van der Waals surface area contributed by atoms with Gasteiger partial charge >= 0.3 is 0 Å². The SMILES string of the molecule is CCCCN(CC(C)CCC)c1cccc(-c2[nH]nc3ncccc23)n1. The molecule has 0 saturated carbocycles. The summed E-state index contributed by atoms with van der Waals surface area (Å²) in [5.41, 5.74) is 2.59. The van der Waals surface area contributed by atoms with Crippen LogP contribution >= 0.6 is 0 Å². The second kappa shape index (κ2) is 8.79. The second-order valence-corrected chi connectivity index (χ2v) is 7.05. The third-order valence-corrected chi connectivity index (χ3v) is 4.74. The molecule has 1 N–H and O–H groups in total. The highest BCUT2D eigenvalue weighted by atomic mass is 15.2. The van der Waals surface area contributed by atoms with Gasteiger partial charge in [-0.15, -0.1) is 0 Å². The third-order valence-electron chi connectivity index (χ3n) is 4.74. The Bertz CT molecular complexity index is 826. The van der Waals surface area contributed by atoms with Gasteiger partial charge in [0.1, 0.15) is 5.82 Å². The fourth-order valence-corrected chi connectivity index (χ4v) is 3.39. The van der Waals surface area contributed by atoms with Gasteiger partial charge < -0.3 is 4.90 Å². The van der Waals surface area contributed by atoms with E-state index in [1.165, 1.54) is 25.7 Å². The highest BCUT2D eigenvalue weighted by Gasteiger charge is 2.14. The number of nitrogens with one attached hydrogen (secondary N) is 1. The third kappa shape index (κ3) is 4.21. The monoisotopic (exact) mass is 351 g/mol. The molecular weight excluding hydrogens is 322 g/mol. The summed E-state index contributed by atoms with van der Waals surface area (Å²) in [7, 11) is 0. The molecule has 0 radical (unpaired) electrons. The molecule has 5 nitrogen and oxygen atoms in total. The zero-order chi connectivity index (χ0) is 18.4. The van der Waals surface area contributed by atoms with Crippen LogP contribution in [-0.4, -0.2) is 33.3 Å². The molecule has 5 heteroatoms. The Kier molecular flexibility index (Phi) is 6.21. The van der Waals surface area contributed by atoms with E-state index in [1.807, 2.05) is 18.2 Å². The maximum atomic E-state index is 4.96. The molecule has 0 saturated heterocycles. The van der Waals surface area contributed by atoms with Crippen LogP contribution in [0.5, 0.6) is 0 Å². The van der Waals surface area contributed by atoms with E-state index in [-0.39, 0.29) is 0 Å². The van der Waals surface area contributed by atoms with Gasteiger partial charge in [0.25, 0.3) is 0 Å². The van der Waals surface area contributed by atoms with Crippen molar-refractivity contribution in [2.24, 2.45) is 5.92 Å². The van der Waals surface area contributed by atoms with Gasteiger partial charge in [0.15, 0.2) is 5.65 Å². The number of pyridine rings is 2. The first-order chi connectivity index (χ1) is 12.7. The lowest BCUT2D eigenvalue weighted by molar-refractivity contribution is 0.505. The van der Waals surface area contributed by atoms with Gasteiger partial charge in [-0.1, -0.05) is 39.7 Å². The number of rotatable bonds is 9. The first-order valence-electron chi connectivity index (χ1n) is 9.74. The molecule has 26 heavy (non-hydrogen) atoms. The summed E-state index contributed by atoms with van der Waals surface area (Å²) in [5, 5.41) is 8.42. The van der Waals surface area contributed by atoms with Crippen LogP contribution in [0.4, 0.5) is 5.82 Å². The zero-order valence-corrected chi connectivity index (χ0v) is 16.1. The van der Waals surface area contributed by atoms with Crippen molar-refractivity contribution in [1.82, 2.24) is 20.2 Å². The minimum Gasteiger partial charge on any atom is -0.356 e. The average Bonchev–Trinajstić information content (AvgIpc) is 3.09. The van der Waals surface area contributed by atoms with Gasteiger partial charge in [-0.3, -0.25) is 5.10 Å². The molecule has 138 valence electrons. The number of fused-ring (bicyclic) bond motifs is 1. The molecule has 3 aromatic heterocycles. The van der Waals surface area contributed by atoms with Crippen molar-refractivity contribution >= 4 is 16.9 Å². The van der Waals surface area contributed by atoms with Crippen LogP contribution in [0.25, 0.3) is 22.4 Å². The van der Waals surface area contributed by atoms with Crippen molar-refractivity contribution in [3.05, 3.63) is 36.5 Å². The predicted octanol–water partition coefficient (Wildman–Crippen LogP) is 5.06. The van der Waals surface area contributed by atoms with Gasteiger partial charge in [0.2, 0.25) is 0 Å². The zero-order valence-electron chi connectivity index (χ0n) is 16.1. The lowest BCUT2D eigenvalue weighted by atomic mass is 10.1. The summed E-state index contributed by atoms with van der Waals surface area (Å²) in [4.78, 5) is 11.7. The molecule has 1 atom stereocenters. The summed E-state index contributed by atoms with van der Waals surface area (Å²) in [6, 6.07) is 10.2. The number of unbranched alkanes of at least 4 members (excludes halogenated alkanes) is 1. The summed E-state index contributed by atoms with van der Waals surface area (Å²) in [6.07, 6.45) is 6.61. The highest BCUT2D eigenvalue weighted by Crippen LogP contribution is 2.26. The normalized spacial score (nSPS) is 12.4. The van der Waals surface area contributed by atoms with Crippen molar-refractivity contribution in [1.29, 1.82) is 0 Å². The quantitative estimate of drug-likeness (QED) is 0.585. The largest absolute Gasteiger partial charge is 0.356 e. The van der Waals surface area contributed by atoms with Crippen molar-refractivity contribution in [3.8, 4) is 11.4 Å². The van der Waals surface area contributed by atoms with E-state index in [0.29, 0.717) is 5.92 Å². The molecule has 0 bridgehead atoms. The van der Waals surface area contributed by atoms with Crippen molar-refractivity contribution in [2.75, 3.05) is 18.0 Å². The molecule has 0 amide bonds. The van der Waals surface area contributed by atoms with Crippen LogP contribution in [0.15, 0.2) is 36.5 Å². The molecule has 0 spiro atoms. The van der Waals surface area contributed by atoms with Gasteiger partial charge in [-0.05, 0) is 43.0 Å². The molecule has 0 aliphatic carbocycles. The number of aromatic nitrogens is 4. The van der Waals surface area contributed by atoms with Crippen LogP contribution in [-0.2, 0) is 0 Å². The minimum atomic E-state index is 0.666. The summed E-state index contributed by atoms with van der Waals surface area (Å²) in [6.45, 7) is 8.92. The second-order valence-electron chi connectivity index (χ2n) is 7.05. The van der Waals surface area contributed by atoms with Crippen molar-refractivity contribution < 1.29 is 0 Å². The number of aromatic amines is 1. The minimum absolute atomic E-state index is 0.666. The Labute approximate surface area is 155 Å². The van der Waals surface area contributed by atoms with Crippen LogP contribution in [0, 0.1) is 5.92 Å². The lowest BCUT2D eigenvalue weighted by Gasteiger charge is -2.27. The van der Waals surface area contributed by atoms with Crippen LogP contribution < -0.4 is 4.90 Å². The van der Waals surface area contributed by atoms with Gasteiger partial charge in [-0.25, -0.2) is 9.97 Å². The van der Waals surface area contributed by atoms with E-state index in [0.717, 1.165) is 41.3 Å². The summed E-state index contributed by atoms with van der Waals surface area (Å²) < 4.78 is 0. The lowest BCUT2D eigenvalue weighted by Crippen LogP contribution is -2.30. The van der Waals surface area contributed by atoms with Crippen LogP contribution in [0.3, 0.4) is 0 Å². The van der Waals surface area contributed by atoms with E-state index in [1.54, 1.807) is 6.20 Å². The van der Waals surface area contributed by atoms with Gasteiger partial charge in [-0.2, -0.15) is 5.10 Å². The van der Waals surface area contributed by atoms with Crippen LogP contribution in [0.2, 0.25) is 0 Å². The van der Waals surface area contributed by atoms with Crippen molar-refractivity contribution in [3.63, 3.8) is 0 Å². The summed E-state index contributed by atoms with van der Waals surface area (Å²) >= 11 is 0. The topological polar surface area (TPSA) is 57.7 Å². The Morgan fingerprint density at radius 2 is 2.00 bits per heavy atom. The molecule has 0 aliphatic heterocycles. The number of hydrogen-bond donors (Lipinski definition) is 1. The van der Waals surface area contributed by atoms with E-state index >= 15 is 0 Å². The first-order valence-corrected chi connectivity index (χ1v) is 9.74. The number of hydrogen-bond acceptors (Lipinski definition) is 4. The smallest absolute Gasteiger partial charge is 0.181 e. The average molecular weight is 351 g/mol. The van der Waals surface area contributed by atoms with Crippen molar-refractivity contribution in [2.45, 2.75) is 46.5 Å². The molecule has 0 fully saturated rings. The Morgan fingerprint density at radius 1 is 1.12 bits per heavy atom. The van der Waals surface area contributed by atoms with E-state index in [4.69, 9.17) is 4.98 Å². The summed E-state index contributed by atoms with van der Waals surface area (Å²) in [5.74, 6) is 1.71. The Morgan fingerprint density at radius 3 is 2.81 bits per heavy atom. The van der Waals surface area contributed by atoms with Gasteiger partial charge in [0.05, 0.1) is 11.4 Å². The molecule has 0 aliphatic rings. The molecular formula is C21H29N5. The predicted molar refractivity (Wildman–Crippen MR) is 108 cm³/mol.